The summed E-state index contributed by atoms with van der Waals surface area (Å²) in [6.07, 6.45) is 1.76. The molecule has 0 spiro atoms. The van der Waals surface area contributed by atoms with Crippen molar-refractivity contribution in [1.29, 1.82) is 0 Å². The quantitative estimate of drug-likeness (QED) is 0.313. The third-order valence-corrected chi connectivity index (χ3v) is 5.59. The first kappa shape index (κ1) is 18.2. The zero-order valence-corrected chi connectivity index (χ0v) is 17.6. The van der Waals surface area contributed by atoms with E-state index in [1.165, 1.54) is 0 Å². The van der Waals surface area contributed by atoms with E-state index < -0.39 is 0 Å². The second-order valence-corrected chi connectivity index (χ2v) is 7.90. The maximum Gasteiger partial charge on any atom is 0.231 e. The fourth-order valence-electron chi connectivity index (χ4n) is 3.08. The van der Waals surface area contributed by atoms with Crippen molar-refractivity contribution >= 4 is 50.5 Å². The number of aromatic nitrogens is 1. The van der Waals surface area contributed by atoms with Gasteiger partial charge < -0.3 is 13.9 Å². The summed E-state index contributed by atoms with van der Waals surface area (Å²) < 4.78 is 17.6. The van der Waals surface area contributed by atoms with Gasteiger partial charge in [-0.3, -0.25) is 4.99 Å². The zero-order chi connectivity index (χ0) is 20.0. The number of fused-ring (bicyclic) bond motifs is 2. The molecule has 0 N–H and O–H groups in total. The lowest BCUT2D eigenvalue weighted by molar-refractivity contribution is 0.174. The number of ether oxygens (including phenoxy) is 2. The van der Waals surface area contributed by atoms with Crippen LogP contribution in [-0.4, -0.2) is 18.0 Å². The highest BCUT2D eigenvalue weighted by Crippen LogP contribution is 2.37. The van der Waals surface area contributed by atoms with Crippen LogP contribution in [0.1, 0.15) is 11.1 Å². The van der Waals surface area contributed by atoms with Gasteiger partial charge in [-0.2, -0.15) is 0 Å². The van der Waals surface area contributed by atoms with Crippen molar-refractivity contribution in [2.24, 2.45) is 4.99 Å². The molecule has 1 aliphatic heterocycles. The van der Waals surface area contributed by atoms with Gasteiger partial charge in [0.1, 0.15) is 5.52 Å². The monoisotopic (exact) mass is 468 g/mol. The Morgan fingerprint density at radius 2 is 1.90 bits per heavy atom. The summed E-state index contributed by atoms with van der Waals surface area (Å²) in [4.78, 5) is 9.14. The predicted octanol–water partition coefficient (Wildman–Crippen LogP) is 6.70. The lowest BCUT2D eigenvalue weighted by Crippen LogP contribution is -1.92. The number of rotatable bonds is 3. The molecule has 0 atom stereocenters. The summed E-state index contributed by atoms with van der Waals surface area (Å²) >= 11 is 9.94. The minimum Gasteiger partial charge on any atom is -0.454 e. The topological polar surface area (TPSA) is 56.9 Å². The van der Waals surface area contributed by atoms with E-state index in [-0.39, 0.29) is 6.79 Å². The van der Waals surface area contributed by atoms with Gasteiger partial charge in [0, 0.05) is 16.3 Å². The first-order valence-corrected chi connectivity index (χ1v) is 10.0. The Balaban J connectivity index is 1.50. The molecule has 0 aliphatic carbocycles. The van der Waals surface area contributed by atoms with E-state index in [4.69, 9.17) is 25.5 Å². The van der Waals surface area contributed by atoms with Crippen molar-refractivity contribution in [2.75, 3.05) is 6.79 Å². The standard InChI is InChI=1S/C22H14BrClN2O3/c1-12-2-5-18-19(6-12)29-22(26-18)15-8-14(3-4-17(15)24)25-10-13-7-20-21(9-16(13)23)28-11-27-20/h2-10H,11H2,1H3. The van der Waals surface area contributed by atoms with E-state index >= 15 is 0 Å². The van der Waals surface area contributed by atoms with E-state index in [0.29, 0.717) is 28.0 Å². The molecule has 7 heteroatoms. The second kappa shape index (κ2) is 7.21. The number of hydrogen-bond acceptors (Lipinski definition) is 5. The fraction of sp³-hybridized carbons (Fsp3) is 0.0909. The van der Waals surface area contributed by atoms with Gasteiger partial charge in [0.05, 0.1) is 16.3 Å². The molecule has 0 saturated heterocycles. The Kier molecular flexibility index (Phi) is 4.53. The average molecular weight is 470 g/mol. The molecule has 0 amide bonds. The van der Waals surface area contributed by atoms with Gasteiger partial charge in [0.15, 0.2) is 17.1 Å². The van der Waals surface area contributed by atoms with Crippen LogP contribution in [0.3, 0.4) is 0 Å². The third-order valence-electron chi connectivity index (χ3n) is 4.57. The molecule has 5 nitrogen and oxygen atoms in total. The molecule has 144 valence electrons. The third kappa shape index (κ3) is 3.50. The Morgan fingerprint density at radius 3 is 2.76 bits per heavy atom. The maximum atomic E-state index is 6.41. The van der Waals surface area contributed by atoms with Crippen molar-refractivity contribution in [2.45, 2.75) is 6.92 Å². The van der Waals surface area contributed by atoms with Gasteiger partial charge in [-0.15, -0.1) is 0 Å². The van der Waals surface area contributed by atoms with Crippen LogP contribution in [-0.2, 0) is 0 Å². The molecule has 0 unspecified atom stereocenters. The Bertz CT molecular complexity index is 1280. The molecule has 3 aromatic carbocycles. The molecule has 2 heterocycles. The highest BCUT2D eigenvalue weighted by molar-refractivity contribution is 9.10. The number of benzene rings is 3. The van der Waals surface area contributed by atoms with Crippen molar-refractivity contribution < 1.29 is 13.9 Å². The van der Waals surface area contributed by atoms with Crippen molar-refractivity contribution in [3.63, 3.8) is 0 Å². The summed E-state index contributed by atoms with van der Waals surface area (Å²) in [6, 6.07) is 15.1. The van der Waals surface area contributed by atoms with Crippen LogP contribution < -0.4 is 9.47 Å². The lowest BCUT2D eigenvalue weighted by Gasteiger charge is -2.03. The lowest BCUT2D eigenvalue weighted by atomic mass is 10.2. The van der Waals surface area contributed by atoms with E-state index in [9.17, 15) is 0 Å². The number of aryl methyl sites for hydroxylation is 1. The summed E-state index contributed by atoms with van der Waals surface area (Å²) in [6.45, 7) is 2.24. The number of halogens is 2. The largest absolute Gasteiger partial charge is 0.454 e. The van der Waals surface area contributed by atoms with Crippen LogP contribution in [0.15, 0.2) is 62.4 Å². The normalized spacial score (nSPS) is 12.9. The smallest absolute Gasteiger partial charge is 0.231 e. The molecular weight excluding hydrogens is 456 g/mol. The molecule has 29 heavy (non-hydrogen) atoms. The maximum absolute atomic E-state index is 6.41. The highest BCUT2D eigenvalue weighted by Gasteiger charge is 2.16. The second-order valence-electron chi connectivity index (χ2n) is 6.64. The van der Waals surface area contributed by atoms with E-state index in [0.717, 1.165) is 32.4 Å². The molecule has 1 aromatic heterocycles. The molecule has 0 bridgehead atoms. The van der Waals surface area contributed by atoms with Crippen molar-refractivity contribution in [1.82, 2.24) is 4.98 Å². The van der Waals surface area contributed by atoms with Gasteiger partial charge in [-0.1, -0.05) is 17.7 Å². The molecule has 0 saturated carbocycles. The molecule has 0 radical (unpaired) electrons. The van der Waals surface area contributed by atoms with Crippen LogP contribution in [0.4, 0.5) is 5.69 Å². The minimum absolute atomic E-state index is 0.229. The van der Waals surface area contributed by atoms with E-state index in [1.807, 2.05) is 49.4 Å². The summed E-state index contributed by atoms with van der Waals surface area (Å²) in [7, 11) is 0. The van der Waals surface area contributed by atoms with Crippen LogP contribution in [0.25, 0.3) is 22.6 Å². The van der Waals surface area contributed by atoms with Crippen LogP contribution in [0.2, 0.25) is 5.02 Å². The van der Waals surface area contributed by atoms with Crippen LogP contribution in [0, 0.1) is 6.92 Å². The predicted molar refractivity (Wildman–Crippen MR) is 117 cm³/mol. The number of aliphatic imine (C=N–C) groups is 1. The van der Waals surface area contributed by atoms with Crippen LogP contribution in [0.5, 0.6) is 11.5 Å². The van der Waals surface area contributed by atoms with Crippen molar-refractivity contribution in [3.05, 3.63) is 69.2 Å². The van der Waals surface area contributed by atoms with Gasteiger partial charge >= 0.3 is 0 Å². The molecule has 0 fully saturated rings. The van der Waals surface area contributed by atoms with Gasteiger partial charge in [-0.25, -0.2) is 4.98 Å². The average Bonchev–Trinajstić information content (AvgIpc) is 3.32. The Morgan fingerprint density at radius 1 is 1.07 bits per heavy atom. The van der Waals surface area contributed by atoms with Crippen LogP contribution >= 0.6 is 27.5 Å². The summed E-state index contributed by atoms with van der Waals surface area (Å²) in [5.74, 6) is 1.89. The molecule has 5 rings (SSSR count). The molecule has 1 aliphatic rings. The molecular formula is C22H14BrClN2O3. The fourth-order valence-corrected chi connectivity index (χ4v) is 3.70. The number of hydrogen-bond donors (Lipinski definition) is 0. The highest BCUT2D eigenvalue weighted by atomic mass is 79.9. The Hall–Kier alpha value is -2.83. The zero-order valence-electron chi connectivity index (χ0n) is 15.3. The first-order valence-electron chi connectivity index (χ1n) is 8.87. The Labute approximate surface area is 180 Å². The number of oxazole rings is 1. The van der Waals surface area contributed by atoms with Gasteiger partial charge in [0.25, 0.3) is 0 Å². The first-order chi connectivity index (χ1) is 14.1. The summed E-state index contributed by atoms with van der Waals surface area (Å²) in [5.41, 5.74) is 4.93. The number of nitrogens with zero attached hydrogens (tertiary/aromatic N) is 2. The van der Waals surface area contributed by atoms with E-state index in [1.54, 1.807) is 12.3 Å². The van der Waals surface area contributed by atoms with Gasteiger partial charge in [-0.05, 0) is 70.9 Å². The minimum atomic E-state index is 0.229. The van der Waals surface area contributed by atoms with E-state index in [2.05, 4.69) is 25.9 Å². The SMILES string of the molecule is Cc1ccc2nc(-c3cc(N=Cc4cc5c(cc4Br)OCO5)ccc3Cl)oc2c1. The van der Waals surface area contributed by atoms with Gasteiger partial charge in [0.2, 0.25) is 12.7 Å². The summed E-state index contributed by atoms with van der Waals surface area (Å²) in [5, 5.41) is 0.552. The van der Waals surface area contributed by atoms with Crippen molar-refractivity contribution in [3.8, 4) is 23.0 Å². The molecule has 4 aromatic rings.